The van der Waals surface area contributed by atoms with Gasteiger partial charge in [0.25, 0.3) is 0 Å². The van der Waals surface area contributed by atoms with Crippen LogP contribution >= 0.6 is 23.4 Å². The average Bonchev–Trinajstić information content (AvgIpc) is 3.36. The van der Waals surface area contributed by atoms with Crippen molar-refractivity contribution in [1.29, 1.82) is 0 Å². The summed E-state index contributed by atoms with van der Waals surface area (Å²) in [5.74, 6) is 1.79. The van der Waals surface area contributed by atoms with Gasteiger partial charge in [-0.2, -0.15) is 21.4 Å². The second-order valence-corrected chi connectivity index (χ2v) is 8.43. The molecule has 0 fully saturated rings. The van der Waals surface area contributed by atoms with Crippen LogP contribution in [0.25, 0.3) is 11.3 Å². The summed E-state index contributed by atoms with van der Waals surface area (Å²) in [5.41, 5.74) is 4.66. The molecule has 0 spiro atoms. The van der Waals surface area contributed by atoms with Gasteiger partial charge in [0, 0.05) is 21.9 Å². The van der Waals surface area contributed by atoms with Gasteiger partial charge in [0.2, 0.25) is 0 Å². The number of benzene rings is 1. The second kappa shape index (κ2) is 12.4. The van der Waals surface area contributed by atoms with Crippen LogP contribution in [0, 0.1) is 0 Å². The summed E-state index contributed by atoms with van der Waals surface area (Å²) >= 11 is 8.09. The van der Waals surface area contributed by atoms with Crippen molar-refractivity contribution in [2.24, 2.45) is 0 Å². The van der Waals surface area contributed by atoms with Crippen LogP contribution in [-0.2, 0) is 31.3 Å². The maximum absolute atomic E-state index is 12.4. The molecule has 1 aromatic carbocycles. The van der Waals surface area contributed by atoms with Gasteiger partial charge < -0.3 is 9.26 Å². The third-order valence-corrected chi connectivity index (χ3v) is 6.05. The zero-order valence-corrected chi connectivity index (χ0v) is 18.6. The first-order chi connectivity index (χ1) is 14.5. The number of carbonyl (C=O) groups excluding carboxylic acids is 3. The number of carbonyl (C=O) groups is 1. The fourth-order valence-corrected chi connectivity index (χ4v) is 4.23. The van der Waals surface area contributed by atoms with E-state index in [0.717, 1.165) is 52.5 Å². The van der Waals surface area contributed by atoms with Crippen LogP contribution in [0.2, 0.25) is 0 Å². The van der Waals surface area contributed by atoms with Crippen molar-refractivity contribution in [1.82, 2.24) is 5.16 Å². The van der Waals surface area contributed by atoms with Crippen molar-refractivity contribution in [2.75, 3.05) is 5.75 Å². The van der Waals surface area contributed by atoms with E-state index in [1.54, 1.807) is 0 Å². The molecule has 1 aliphatic carbocycles. The van der Waals surface area contributed by atoms with Crippen molar-refractivity contribution >= 4 is 35.5 Å². The highest BCUT2D eigenvalue weighted by molar-refractivity contribution is 7.98. The fraction of sp³-hybridized carbons (Fsp3) is 0.409. The molecule has 3 rings (SSSR count). The Hall–Kier alpha value is -2.34. The van der Waals surface area contributed by atoms with Crippen LogP contribution in [0.5, 0.6) is 0 Å². The maximum atomic E-state index is 12.4. The van der Waals surface area contributed by atoms with Gasteiger partial charge in [-0.25, -0.2) is 0 Å². The van der Waals surface area contributed by atoms with Crippen LogP contribution in [0.15, 0.2) is 45.7 Å². The number of allylic oxidation sites excluding steroid dienone is 1. The monoisotopic (exact) mass is 449 g/mol. The molecular weight excluding hydrogens is 426 g/mol. The highest BCUT2D eigenvalue weighted by Crippen LogP contribution is 2.32. The Kier molecular flexibility index (Phi) is 9.87. The lowest BCUT2D eigenvalue weighted by atomic mass is 10.0. The van der Waals surface area contributed by atoms with Gasteiger partial charge in [-0.15, -0.1) is 0 Å². The Balaban J connectivity index is 0.00000101. The Labute approximate surface area is 185 Å². The molecule has 1 aliphatic rings. The van der Waals surface area contributed by atoms with Gasteiger partial charge >= 0.3 is 12.1 Å². The van der Waals surface area contributed by atoms with E-state index < -0.39 is 0 Å². The molecule has 6 nitrogen and oxygen atoms in total. The van der Waals surface area contributed by atoms with E-state index >= 15 is 0 Å². The first kappa shape index (κ1) is 23.9. The second-order valence-electron chi connectivity index (χ2n) is 6.70. The molecule has 2 aromatic rings. The normalized spacial score (nSPS) is 14.0. The summed E-state index contributed by atoms with van der Waals surface area (Å²) in [7, 11) is 0. The van der Waals surface area contributed by atoms with Crippen molar-refractivity contribution in [3.8, 4) is 11.3 Å². The minimum atomic E-state index is -0.299. The first-order valence-corrected chi connectivity index (χ1v) is 11.2. The quantitative estimate of drug-likeness (QED) is 0.514. The number of hydrogen-bond acceptors (Lipinski definition) is 7. The summed E-state index contributed by atoms with van der Waals surface area (Å²) in [6, 6.07) is 8.21. The highest BCUT2D eigenvalue weighted by atomic mass is 35.5. The lowest BCUT2D eigenvalue weighted by Crippen LogP contribution is -2.18. The largest absolute Gasteiger partial charge is 0.458 e. The van der Waals surface area contributed by atoms with Gasteiger partial charge in [0.1, 0.15) is 18.1 Å². The van der Waals surface area contributed by atoms with Crippen LogP contribution in [0.1, 0.15) is 44.2 Å². The molecule has 1 heterocycles. The molecule has 8 heteroatoms. The van der Waals surface area contributed by atoms with E-state index in [0.29, 0.717) is 5.69 Å². The number of ether oxygens (including phenoxy) is 1. The van der Waals surface area contributed by atoms with Crippen LogP contribution in [0.3, 0.4) is 0 Å². The first-order valence-electron chi connectivity index (χ1n) is 9.66. The summed E-state index contributed by atoms with van der Waals surface area (Å²) in [4.78, 5) is 28.6. The standard InChI is InChI=1S/C21H24ClNO3S.CO2/c1-3-27-13-15-7-9-16(10-8-15)21-17(12-25-23-21)11-20(24)26-14(2)18-5-4-6-19(18)22;2-1-3/h7-10,12,14H,3-6,11,13H2,1-2H3;/t14-;/m1./s1. The van der Waals surface area contributed by atoms with Gasteiger partial charge in [-0.3, -0.25) is 4.79 Å². The van der Waals surface area contributed by atoms with Gasteiger partial charge in [-0.05, 0) is 43.1 Å². The van der Waals surface area contributed by atoms with Crippen molar-refractivity contribution in [3.05, 3.63) is 52.3 Å². The minimum absolute atomic E-state index is 0.126. The lowest BCUT2D eigenvalue weighted by Gasteiger charge is -2.15. The molecule has 30 heavy (non-hydrogen) atoms. The number of aromatic nitrogens is 1. The molecule has 0 amide bonds. The van der Waals surface area contributed by atoms with Gasteiger partial charge in [0.15, 0.2) is 0 Å². The average molecular weight is 450 g/mol. The van der Waals surface area contributed by atoms with E-state index in [4.69, 9.17) is 30.4 Å². The smallest absolute Gasteiger partial charge is 0.373 e. The van der Waals surface area contributed by atoms with E-state index in [2.05, 4.69) is 24.2 Å². The number of halogens is 1. The van der Waals surface area contributed by atoms with Crippen LogP contribution in [-0.4, -0.2) is 29.1 Å². The SMILES string of the molecule is CCSCc1ccc(-c2nocc2CC(=O)O[C@H](C)C2=C(Cl)CCC2)cc1.O=C=O. The van der Waals surface area contributed by atoms with Gasteiger partial charge in [-0.1, -0.05) is 47.9 Å². The number of esters is 1. The molecule has 0 bridgehead atoms. The van der Waals surface area contributed by atoms with Gasteiger partial charge in [0.05, 0.1) is 6.42 Å². The molecule has 160 valence electrons. The van der Waals surface area contributed by atoms with Crippen LogP contribution in [0.4, 0.5) is 0 Å². The fourth-order valence-electron chi connectivity index (χ4n) is 3.22. The molecule has 1 atom stereocenters. The molecule has 0 saturated heterocycles. The Bertz CT molecular complexity index is 901. The van der Waals surface area contributed by atoms with E-state index in [1.807, 2.05) is 30.8 Å². The Morgan fingerprint density at radius 2 is 2.00 bits per heavy atom. The Morgan fingerprint density at radius 1 is 1.30 bits per heavy atom. The minimum Gasteiger partial charge on any atom is -0.458 e. The molecule has 0 aliphatic heterocycles. The van der Waals surface area contributed by atoms with E-state index in [1.165, 1.54) is 11.8 Å². The summed E-state index contributed by atoms with van der Waals surface area (Å²) in [5, 5.41) is 4.92. The number of nitrogens with zero attached hydrogens (tertiary/aromatic N) is 1. The molecule has 0 saturated carbocycles. The zero-order valence-electron chi connectivity index (χ0n) is 17.0. The van der Waals surface area contributed by atoms with E-state index in [-0.39, 0.29) is 24.6 Å². The summed E-state index contributed by atoms with van der Waals surface area (Å²) < 4.78 is 10.7. The topological polar surface area (TPSA) is 86.5 Å². The molecule has 1 aromatic heterocycles. The van der Waals surface area contributed by atoms with Crippen molar-refractivity contribution in [2.45, 2.75) is 51.4 Å². The molecule has 0 N–H and O–H groups in total. The predicted molar refractivity (Wildman–Crippen MR) is 115 cm³/mol. The summed E-state index contributed by atoms with van der Waals surface area (Å²) in [6.45, 7) is 4.03. The molecule has 0 unspecified atom stereocenters. The van der Waals surface area contributed by atoms with E-state index in [9.17, 15) is 4.79 Å². The predicted octanol–water partition coefficient (Wildman–Crippen LogP) is 5.16. The van der Waals surface area contributed by atoms with Crippen molar-refractivity contribution in [3.63, 3.8) is 0 Å². The number of thioether (sulfide) groups is 1. The summed E-state index contributed by atoms with van der Waals surface area (Å²) in [6.07, 6.45) is 4.41. The molecular formula is C22H24ClNO5S. The Morgan fingerprint density at radius 3 is 2.60 bits per heavy atom. The van der Waals surface area contributed by atoms with Crippen molar-refractivity contribution < 1.29 is 23.6 Å². The number of rotatable bonds is 8. The zero-order chi connectivity index (χ0) is 21.9. The number of hydrogen-bond donors (Lipinski definition) is 0. The third-order valence-electron chi connectivity index (χ3n) is 4.67. The highest BCUT2D eigenvalue weighted by Gasteiger charge is 2.23. The lowest BCUT2D eigenvalue weighted by molar-refractivity contribution is -0.191. The van der Waals surface area contributed by atoms with Crippen LogP contribution < -0.4 is 0 Å². The maximum Gasteiger partial charge on any atom is 0.373 e. The third kappa shape index (κ3) is 6.87. The molecule has 0 radical (unpaired) electrons.